The van der Waals surface area contributed by atoms with E-state index >= 15 is 0 Å². The minimum absolute atomic E-state index is 0.0986. The lowest BCUT2D eigenvalue weighted by molar-refractivity contribution is -0.250. The Morgan fingerprint density at radius 1 is 1.34 bits per heavy atom. The van der Waals surface area contributed by atoms with Crippen LogP contribution in [0.5, 0.6) is 0 Å². The highest BCUT2D eigenvalue weighted by atomic mass is 35.5. The zero-order valence-corrected chi connectivity index (χ0v) is 16.0. The van der Waals surface area contributed by atoms with Gasteiger partial charge in [0.2, 0.25) is 11.5 Å². The molecule has 2 aliphatic rings. The molecule has 0 aromatic heterocycles. The molecule has 0 spiro atoms. The first-order valence-electron chi connectivity index (χ1n) is 8.80. The van der Waals surface area contributed by atoms with E-state index in [4.69, 9.17) is 11.6 Å². The second-order valence-electron chi connectivity index (χ2n) is 7.67. The van der Waals surface area contributed by atoms with Crippen molar-refractivity contribution >= 4 is 23.4 Å². The molecule has 0 bridgehead atoms. The molecule has 160 valence electrons. The van der Waals surface area contributed by atoms with E-state index < -0.39 is 45.7 Å². The fourth-order valence-electron chi connectivity index (χ4n) is 3.71. The fraction of sp³-hybridized carbons (Fsp3) is 0.556. The summed E-state index contributed by atoms with van der Waals surface area (Å²) >= 11 is 5.57. The summed E-state index contributed by atoms with van der Waals surface area (Å²) in [7, 11) is 0. The van der Waals surface area contributed by atoms with Crippen molar-refractivity contribution in [2.45, 2.75) is 38.1 Å². The van der Waals surface area contributed by atoms with E-state index in [-0.39, 0.29) is 37.5 Å². The molecule has 0 radical (unpaired) electrons. The van der Waals surface area contributed by atoms with Crippen LogP contribution in [0.1, 0.15) is 25.3 Å². The Morgan fingerprint density at radius 2 is 2.00 bits per heavy atom. The molecule has 2 amide bonds. The van der Waals surface area contributed by atoms with Gasteiger partial charge in [0.05, 0.1) is 10.4 Å². The molecule has 1 aromatic carbocycles. The Bertz CT molecular complexity index is 861. The number of amides is 2. The second-order valence-corrected chi connectivity index (χ2v) is 8.08. The van der Waals surface area contributed by atoms with E-state index in [9.17, 15) is 36.6 Å². The normalized spacial score (nSPS) is 25.8. The number of nitrogens with one attached hydrogen (secondary N) is 1. The lowest BCUT2D eigenvalue weighted by Crippen LogP contribution is -2.58. The number of carbonyl (C=O) groups excluding carboxylic acids is 2. The smallest absolute Gasteiger partial charge is 0.373 e. The van der Waals surface area contributed by atoms with Crippen LogP contribution in [0.15, 0.2) is 12.1 Å². The van der Waals surface area contributed by atoms with Crippen LogP contribution in [0, 0.1) is 23.0 Å². The molecule has 11 heteroatoms. The number of aliphatic hydroxyl groups is 1. The summed E-state index contributed by atoms with van der Waals surface area (Å²) in [5.74, 6) is -3.89. The summed E-state index contributed by atoms with van der Waals surface area (Å²) in [4.78, 5) is 25.5. The quantitative estimate of drug-likeness (QED) is 0.559. The molecule has 1 saturated carbocycles. The topological polar surface area (TPSA) is 69.6 Å². The van der Waals surface area contributed by atoms with Gasteiger partial charge in [0.1, 0.15) is 11.6 Å². The van der Waals surface area contributed by atoms with Crippen molar-refractivity contribution in [1.82, 2.24) is 10.2 Å². The van der Waals surface area contributed by atoms with E-state index in [1.54, 1.807) is 0 Å². The Balaban J connectivity index is 1.62. The van der Waals surface area contributed by atoms with Gasteiger partial charge in [-0.1, -0.05) is 11.6 Å². The lowest BCUT2D eigenvalue weighted by Gasteiger charge is -2.36. The molecule has 1 saturated heterocycles. The lowest BCUT2D eigenvalue weighted by atomic mass is 9.92. The van der Waals surface area contributed by atoms with Crippen molar-refractivity contribution < 1.29 is 36.6 Å². The Morgan fingerprint density at radius 3 is 2.59 bits per heavy atom. The van der Waals surface area contributed by atoms with Crippen LogP contribution < -0.4 is 5.32 Å². The SMILES string of the molecule is CC(O)(C(=O)N1CCC2(C(=O)NCc3cc(F)cc(Cl)c3F)CC2C1)C(F)(F)F. The first-order chi connectivity index (χ1) is 13.3. The molecular weight excluding hydrogens is 423 g/mol. The van der Waals surface area contributed by atoms with Crippen molar-refractivity contribution in [1.29, 1.82) is 0 Å². The van der Waals surface area contributed by atoms with Crippen molar-refractivity contribution in [2.24, 2.45) is 11.3 Å². The zero-order chi connectivity index (χ0) is 21.8. The largest absolute Gasteiger partial charge is 0.426 e. The van der Waals surface area contributed by atoms with Gasteiger partial charge in [0.15, 0.2) is 0 Å². The van der Waals surface area contributed by atoms with Gasteiger partial charge >= 0.3 is 6.18 Å². The standard InChI is InChI=1S/C18H18ClF5N2O3/c1-16(29,18(22,23)24)15(28)26-3-2-17(6-10(17)8-26)14(27)25-7-9-4-11(20)5-12(19)13(9)21/h4-5,10,29H,2-3,6-8H2,1H3,(H,25,27). The number of hydrogen-bond acceptors (Lipinski definition) is 3. The molecule has 1 aliphatic carbocycles. The van der Waals surface area contributed by atoms with Crippen molar-refractivity contribution in [2.75, 3.05) is 13.1 Å². The first kappa shape index (κ1) is 21.8. The van der Waals surface area contributed by atoms with Gasteiger partial charge < -0.3 is 15.3 Å². The molecule has 1 aromatic rings. The van der Waals surface area contributed by atoms with Crippen LogP contribution in [0.3, 0.4) is 0 Å². The fourth-order valence-corrected chi connectivity index (χ4v) is 3.94. The number of benzene rings is 1. The molecule has 1 aliphatic heterocycles. The van der Waals surface area contributed by atoms with Crippen molar-refractivity contribution in [3.8, 4) is 0 Å². The molecular formula is C18H18ClF5N2O3. The molecule has 1 heterocycles. The summed E-state index contributed by atoms with van der Waals surface area (Å²) in [5.41, 5.74) is -4.50. The minimum atomic E-state index is -5.12. The first-order valence-corrected chi connectivity index (χ1v) is 9.17. The van der Waals surface area contributed by atoms with Gasteiger partial charge in [-0.2, -0.15) is 13.2 Å². The molecule has 2 fully saturated rings. The Labute approximate surface area is 167 Å². The molecule has 3 unspecified atom stereocenters. The number of piperidine rings is 1. The van der Waals surface area contributed by atoms with E-state index in [1.165, 1.54) is 0 Å². The van der Waals surface area contributed by atoms with Crippen LogP contribution in [0.2, 0.25) is 5.02 Å². The van der Waals surface area contributed by atoms with E-state index in [0.717, 1.165) is 17.0 Å². The van der Waals surface area contributed by atoms with Gasteiger partial charge in [0, 0.05) is 25.2 Å². The van der Waals surface area contributed by atoms with E-state index in [2.05, 4.69) is 5.32 Å². The third kappa shape index (κ3) is 3.79. The van der Waals surface area contributed by atoms with Gasteiger partial charge in [-0.3, -0.25) is 9.59 Å². The third-order valence-corrected chi connectivity index (χ3v) is 5.99. The number of rotatable bonds is 4. The second kappa shape index (κ2) is 7.09. The van der Waals surface area contributed by atoms with Crippen LogP contribution in [0.25, 0.3) is 0 Å². The average Bonchev–Trinajstić information content (AvgIpc) is 3.36. The van der Waals surface area contributed by atoms with Crippen LogP contribution in [-0.4, -0.2) is 46.7 Å². The van der Waals surface area contributed by atoms with Crippen molar-refractivity contribution in [3.63, 3.8) is 0 Å². The molecule has 3 atom stereocenters. The predicted molar refractivity (Wildman–Crippen MR) is 91.6 cm³/mol. The maximum atomic E-state index is 13.9. The van der Waals surface area contributed by atoms with Gasteiger partial charge in [-0.25, -0.2) is 8.78 Å². The summed E-state index contributed by atoms with van der Waals surface area (Å²) in [5, 5.41) is 11.6. The number of halogens is 6. The van der Waals surface area contributed by atoms with Gasteiger partial charge in [-0.05, 0) is 37.8 Å². The predicted octanol–water partition coefficient (Wildman–Crippen LogP) is 2.79. The van der Waals surface area contributed by atoms with Gasteiger partial charge in [0.25, 0.3) is 5.91 Å². The molecule has 3 rings (SSSR count). The molecule has 29 heavy (non-hydrogen) atoms. The molecule has 2 N–H and O–H groups in total. The Hall–Kier alpha value is -1.94. The number of fused-ring (bicyclic) bond motifs is 1. The van der Waals surface area contributed by atoms with Crippen LogP contribution >= 0.6 is 11.6 Å². The highest BCUT2D eigenvalue weighted by molar-refractivity contribution is 6.30. The highest BCUT2D eigenvalue weighted by Gasteiger charge is 2.64. The van der Waals surface area contributed by atoms with Gasteiger partial charge in [-0.15, -0.1) is 0 Å². The maximum absolute atomic E-state index is 13.9. The highest BCUT2D eigenvalue weighted by Crippen LogP contribution is 2.58. The van der Waals surface area contributed by atoms with E-state index in [1.807, 2.05) is 0 Å². The number of alkyl halides is 3. The number of carbonyl (C=O) groups is 2. The monoisotopic (exact) mass is 440 g/mol. The minimum Gasteiger partial charge on any atom is -0.373 e. The summed E-state index contributed by atoms with van der Waals surface area (Å²) in [6.45, 7) is -0.134. The zero-order valence-electron chi connectivity index (χ0n) is 15.2. The summed E-state index contributed by atoms with van der Waals surface area (Å²) in [6.07, 6.45) is -4.66. The van der Waals surface area contributed by atoms with E-state index in [0.29, 0.717) is 13.3 Å². The Kier molecular flexibility index (Phi) is 5.32. The van der Waals surface area contributed by atoms with Crippen LogP contribution in [-0.2, 0) is 16.1 Å². The summed E-state index contributed by atoms with van der Waals surface area (Å²) in [6, 6.07) is 1.71. The third-order valence-electron chi connectivity index (χ3n) is 5.72. The van der Waals surface area contributed by atoms with Crippen LogP contribution in [0.4, 0.5) is 22.0 Å². The average molecular weight is 441 g/mol. The number of nitrogens with zero attached hydrogens (tertiary/aromatic N) is 1. The number of hydrogen-bond donors (Lipinski definition) is 2. The number of likely N-dealkylation sites (tertiary alicyclic amines) is 1. The molecule has 5 nitrogen and oxygen atoms in total. The maximum Gasteiger partial charge on any atom is 0.426 e. The summed E-state index contributed by atoms with van der Waals surface area (Å²) < 4.78 is 65.9. The van der Waals surface area contributed by atoms with Crippen molar-refractivity contribution in [3.05, 3.63) is 34.4 Å².